The molecule has 0 heterocycles. The van der Waals surface area contributed by atoms with Crippen molar-refractivity contribution >= 4 is 43.3 Å². The molecular formula is C13H12Br2N4. The molecule has 4 nitrogen and oxygen atoms in total. The van der Waals surface area contributed by atoms with Crippen molar-refractivity contribution < 1.29 is 0 Å². The summed E-state index contributed by atoms with van der Waals surface area (Å²) < 4.78 is 1.68. The van der Waals surface area contributed by atoms with E-state index in [1.165, 1.54) is 5.56 Å². The maximum absolute atomic E-state index is 8.62. The smallest absolute Gasteiger partial charge is 0.237 e. The van der Waals surface area contributed by atoms with E-state index < -0.39 is 0 Å². The van der Waals surface area contributed by atoms with Crippen molar-refractivity contribution in [2.75, 3.05) is 5.43 Å². The number of unbranched alkanes of at least 4 members (excludes halogenated alkanes) is 1. The van der Waals surface area contributed by atoms with E-state index in [1.54, 1.807) is 12.1 Å². The van der Waals surface area contributed by atoms with E-state index in [9.17, 15) is 0 Å². The predicted octanol–water partition coefficient (Wildman–Crippen LogP) is 4.37. The summed E-state index contributed by atoms with van der Waals surface area (Å²) in [5.41, 5.74) is 4.42. The first kappa shape index (κ1) is 15.7. The molecule has 0 atom stereocenters. The fourth-order valence-electron chi connectivity index (χ4n) is 1.44. The molecule has 0 saturated carbocycles. The summed E-state index contributed by atoms with van der Waals surface area (Å²) >= 11 is 6.91. The normalized spacial score (nSPS) is 9.32. The lowest BCUT2D eigenvalue weighted by molar-refractivity contribution is 0.794. The Hall–Kier alpha value is -1.37. The van der Waals surface area contributed by atoms with Crippen molar-refractivity contribution in [1.29, 1.82) is 10.5 Å². The van der Waals surface area contributed by atoms with E-state index in [-0.39, 0.29) is 5.71 Å². The third-order valence-corrected chi connectivity index (χ3v) is 3.66. The van der Waals surface area contributed by atoms with Crippen LogP contribution in [-0.4, -0.2) is 5.71 Å². The standard InChI is InChI=1S/C13H12Br2N4/c1-2-3-4-9-5-11(14)13(12(15)6-9)19-18-10(7-16)8-17/h5-6,19H,2-4H2,1H3. The average molecular weight is 384 g/mol. The second-order valence-corrected chi connectivity index (χ2v) is 5.54. The van der Waals surface area contributed by atoms with Crippen LogP contribution in [0, 0.1) is 22.7 Å². The molecule has 0 unspecified atom stereocenters. The number of nitrogens with zero attached hydrogens (tertiary/aromatic N) is 3. The van der Waals surface area contributed by atoms with Crippen LogP contribution < -0.4 is 5.43 Å². The van der Waals surface area contributed by atoms with E-state index in [1.807, 2.05) is 12.1 Å². The van der Waals surface area contributed by atoms with Crippen molar-refractivity contribution in [3.05, 3.63) is 26.6 Å². The van der Waals surface area contributed by atoms with Gasteiger partial charge in [0.05, 0.1) is 5.69 Å². The number of rotatable bonds is 5. The molecule has 1 rings (SSSR count). The van der Waals surface area contributed by atoms with Gasteiger partial charge in [0.1, 0.15) is 12.1 Å². The van der Waals surface area contributed by atoms with Crippen LogP contribution in [0.25, 0.3) is 0 Å². The molecule has 19 heavy (non-hydrogen) atoms. The van der Waals surface area contributed by atoms with Gasteiger partial charge in [0.15, 0.2) is 0 Å². The minimum Gasteiger partial charge on any atom is -0.274 e. The van der Waals surface area contributed by atoms with Gasteiger partial charge in [-0.15, -0.1) is 0 Å². The second-order valence-electron chi connectivity index (χ2n) is 3.83. The second kappa shape index (κ2) is 7.93. The summed E-state index contributed by atoms with van der Waals surface area (Å²) in [4.78, 5) is 0. The van der Waals surface area contributed by atoms with Gasteiger partial charge < -0.3 is 0 Å². The summed E-state index contributed by atoms with van der Waals surface area (Å²) in [6, 6.07) is 7.41. The zero-order valence-corrected chi connectivity index (χ0v) is 13.5. The van der Waals surface area contributed by atoms with Crippen LogP contribution in [0.2, 0.25) is 0 Å². The van der Waals surface area contributed by atoms with Crippen molar-refractivity contribution in [2.45, 2.75) is 26.2 Å². The van der Waals surface area contributed by atoms with Crippen molar-refractivity contribution in [1.82, 2.24) is 0 Å². The molecule has 0 bridgehead atoms. The Morgan fingerprint density at radius 2 is 1.84 bits per heavy atom. The predicted molar refractivity (Wildman–Crippen MR) is 82.7 cm³/mol. The zero-order chi connectivity index (χ0) is 14.3. The highest BCUT2D eigenvalue weighted by Crippen LogP contribution is 2.33. The van der Waals surface area contributed by atoms with Gasteiger partial charge in [-0.2, -0.15) is 15.6 Å². The Morgan fingerprint density at radius 3 is 2.32 bits per heavy atom. The van der Waals surface area contributed by atoms with E-state index >= 15 is 0 Å². The molecule has 0 radical (unpaired) electrons. The number of hydrogen-bond acceptors (Lipinski definition) is 4. The summed E-state index contributed by atoms with van der Waals surface area (Å²) in [7, 11) is 0. The van der Waals surface area contributed by atoms with Gasteiger partial charge in [-0.05, 0) is 62.4 Å². The maximum Gasteiger partial charge on any atom is 0.237 e. The molecule has 0 aliphatic heterocycles. The van der Waals surface area contributed by atoms with Gasteiger partial charge in [0.25, 0.3) is 0 Å². The lowest BCUT2D eigenvalue weighted by Crippen LogP contribution is -1.98. The van der Waals surface area contributed by atoms with Crippen molar-refractivity contribution in [2.24, 2.45) is 5.10 Å². The highest BCUT2D eigenvalue weighted by atomic mass is 79.9. The first-order valence-electron chi connectivity index (χ1n) is 5.74. The van der Waals surface area contributed by atoms with Crippen molar-refractivity contribution in [3.63, 3.8) is 0 Å². The number of halogens is 2. The molecule has 98 valence electrons. The SMILES string of the molecule is CCCCc1cc(Br)c(NN=C(C#N)C#N)c(Br)c1. The third-order valence-electron chi connectivity index (χ3n) is 2.41. The number of nitriles is 2. The van der Waals surface area contributed by atoms with Gasteiger partial charge >= 0.3 is 0 Å². The van der Waals surface area contributed by atoms with E-state index in [2.05, 4.69) is 49.3 Å². The number of benzene rings is 1. The van der Waals surface area contributed by atoms with Crippen LogP contribution in [0.3, 0.4) is 0 Å². The number of aryl methyl sites for hydroxylation is 1. The summed E-state index contributed by atoms with van der Waals surface area (Å²) in [6.07, 6.45) is 3.29. The maximum atomic E-state index is 8.62. The minimum absolute atomic E-state index is 0.214. The molecule has 6 heteroatoms. The number of anilines is 1. The van der Waals surface area contributed by atoms with Gasteiger partial charge in [-0.3, -0.25) is 5.43 Å². The Kier molecular flexibility index (Phi) is 6.55. The molecule has 1 aromatic rings. The lowest BCUT2D eigenvalue weighted by atomic mass is 10.1. The first-order chi connectivity index (χ1) is 9.12. The molecule has 1 aromatic carbocycles. The van der Waals surface area contributed by atoms with Gasteiger partial charge in [0, 0.05) is 8.95 Å². The molecule has 0 aromatic heterocycles. The number of hydrogen-bond donors (Lipinski definition) is 1. The van der Waals surface area contributed by atoms with Crippen LogP contribution in [0.1, 0.15) is 25.3 Å². The van der Waals surface area contributed by atoms with Crippen LogP contribution in [0.15, 0.2) is 26.2 Å². The van der Waals surface area contributed by atoms with Gasteiger partial charge in [-0.25, -0.2) is 0 Å². The number of nitrogens with one attached hydrogen (secondary N) is 1. The molecule has 0 aliphatic carbocycles. The average Bonchev–Trinajstić information content (AvgIpc) is 2.40. The fourth-order valence-corrected chi connectivity index (χ4v) is 2.90. The highest BCUT2D eigenvalue weighted by Gasteiger charge is 2.07. The van der Waals surface area contributed by atoms with E-state index in [0.29, 0.717) is 5.69 Å². The molecule has 0 fully saturated rings. The highest BCUT2D eigenvalue weighted by molar-refractivity contribution is 9.11. The lowest BCUT2D eigenvalue weighted by Gasteiger charge is -2.09. The van der Waals surface area contributed by atoms with Gasteiger partial charge in [0.2, 0.25) is 5.71 Å². The van der Waals surface area contributed by atoms with E-state index in [4.69, 9.17) is 10.5 Å². The van der Waals surface area contributed by atoms with E-state index in [0.717, 1.165) is 28.2 Å². The molecule has 0 spiro atoms. The zero-order valence-electron chi connectivity index (χ0n) is 10.4. The molecular weight excluding hydrogens is 372 g/mol. The topological polar surface area (TPSA) is 72.0 Å². The monoisotopic (exact) mass is 382 g/mol. The molecule has 0 aliphatic rings. The first-order valence-corrected chi connectivity index (χ1v) is 7.32. The molecule has 1 N–H and O–H groups in total. The molecule has 0 saturated heterocycles. The minimum atomic E-state index is -0.214. The quantitative estimate of drug-likeness (QED) is 0.606. The molecule has 0 amide bonds. The fraction of sp³-hybridized carbons (Fsp3) is 0.308. The summed E-state index contributed by atoms with van der Waals surface area (Å²) in [6.45, 7) is 2.15. The van der Waals surface area contributed by atoms with Crippen LogP contribution in [0.5, 0.6) is 0 Å². The summed E-state index contributed by atoms with van der Waals surface area (Å²) in [5.74, 6) is 0. The van der Waals surface area contributed by atoms with Crippen LogP contribution in [-0.2, 0) is 6.42 Å². The Labute approximate surface area is 129 Å². The number of hydrazone groups is 1. The Bertz CT molecular complexity index is 528. The van der Waals surface area contributed by atoms with Crippen LogP contribution >= 0.6 is 31.9 Å². The summed E-state index contributed by atoms with van der Waals surface area (Å²) in [5, 5.41) is 21.0. The third kappa shape index (κ3) is 4.66. The Balaban J connectivity index is 2.95. The van der Waals surface area contributed by atoms with Gasteiger partial charge in [-0.1, -0.05) is 13.3 Å². The Morgan fingerprint density at radius 1 is 1.26 bits per heavy atom. The largest absolute Gasteiger partial charge is 0.274 e. The van der Waals surface area contributed by atoms with Crippen LogP contribution in [0.4, 0.5) is 5.69 Å². The van der Waals surface area contributed by atoms with Crippen molar-refractivity contribution in [3.8, 4) is 12.1 Å².